The van der Waals surface area contributed by atoms with Gasteiger partial charge in [0.05, 0.1) is 14.2 Å². The smallest absolute Gasteiger partial charge is 0.256 e. The van der Waals surface area contributed by atoms with Crippen LogP contribution in [0.15, 0.2) is 12.3 Å². The fourth-order valence-electron chi connectivity index (χ4n) is 4.17. The van der Waals surface area contributed by atoms with Gasteiger partial charge in [0.2, 0.25) is 0 Å². The Balaban J connectivity index is 2.02. The lowest BCUT2D eigenvalue weighted by molar-refractivity contribution is 0.181. The van der Waals surface area contributed by atoms with Gasteiger partial charge in [-0.05, 0) is 44.5 Å². The highest BCUT2D eigenvalue weighted by Gasteiger charge is 2.48. The molecule has 0 radical (unpaired) electrons. The van der Waals surface area contributed by atoms with Gasteiger partial charge in [-0.1, -0.05) is 12.8 Å². The summed E-state index contributed by atoms with van der Waals surface area (Å²) in [5, 5.41) is 0. The highest BCUT2D eigenvalue weighted by Crippen LogP contribution is 2.49. The van der Waals surface area contributed by atoms with Crippen molar-refractivity contribution in [2.24, 2.45) is 0 Å². The molecule has 1 aromatic heterocycles. The van der Waals surface area contributed by atoms with Crippen LogP contribution in [0.2, 0.25) is 0 Å². The first-order valence-electron chi connectivity index (χ1n) is 7.50. The maximum atomic E-state index is 5.44. The van der Waals surface area contributed by atoms with Crippen LogP contribution in [0, 0.1) is 0 Å². The summed E-state index contributed by atoms with van der Waals surface area (Å²) in [7, 11) is 5.57. The summed E-state index contributed by atoms with van der Waals surface area (Å²) < 4.78 is 10.7. The molecule has 0 amide bonds. The van der Waals surface area contributed by atoms with Gasteiger partial charge in [0.15, 0.2) is 5.75 Å². The predicted molar refractivity (Wildman–Crippen MR) is 78.5 cm³/mol. The van der Waals surface area contributed by atoms with Gasteiger partial charge >= 0.3 is 0 Å². The van der Waals surface area contributed by atoms with Crippen LogP contribution in [-0.2, 0) is 5.41 Å². The number of rotatable bonds is 3. The zero-order chi connectivity index (χ0) is 14.2. The summed E-state index contributed by atoms with van der Waals surface area (Å²) in [6.07, 6.45) is 8.45. The molecule has 4 nitrogen and oxygen atoms in total. The van der Waals surface area contributed by atoms with Gasteiger partial charge in [0.1, 0.15) is 0 Å². The molecule has 1 aliphatic heterocycles. The first-order valence-corrected chi connectivity index (χ1v) is 7.50. The van der Waals surface area contributed by atoms with E-state index in [1.165, 1.54) is 44.2 Å². The summed E-state index contributed by atoms with van der Waals surface area (Å²) in [5.74, 6) is 1.32. The van der Waals surface area contributed by atoms with E-state index in [0.29, 0.717) is 11.9 Å². The Hall–Kier alpha value is -1.29. The SMILES string of the molecule is COc1cc([C@]23CCCC[C@H]2N(C)CC3)cnc1OC. The highest BCUT2D eigenvalue weighted by atomic mass is 16.5. The van der Waals surface area contributed by atoms with Crippen LogP contribution in [0.25, 0.3) is 0 Å². The van der Waals surface area contributed by atoms with E-state index in [2.05, 4.69) is 23.0 Å². The summed E-state index contributed by atoms with van der Waals surface area (Å²) >= 11 is 0. The van der Waals surface area contributed by atoms with E-state index in [-0.39, 0.29) is 5.41 Å². The van der Waals surface area contributed by atoms with E-state index < -0.39 is 0 Å². The number of likely N-dealkylation sites (N-methyl/N-ethyl adjacent to an activating group) is 1. The van der Waals surface area contributed by atoms with E-state index in [1.54, 1.807) is 14.2 Å². The van der Waals surface area contributed by atoms with E-state index in [9.17, 15) is 0 Å². The first kappa shape index (κ1) is 13.7. The third kappa shape index (κ3) is 1.97. The maximum Gasteiger partial charge on any atom is 0.256 e. The monoisotopic (exact) mass is 276 g/mol. The minimum absolute atomic E-state index is 0.263. The lowest BCUT2D eigenvalue weighted by Gasteiger charge is -2.41. The largest absolute Gasteiger partial charge is 0.491 e. The average molecular weight is 276 g/mol. The van der Waals surface area contributed by atoms with Crippen molar-refractivity contribution >= 4 is 0 Å². The molecule has 110 valence electrons. The van der Waals surface area contributed by atoms with E-state index in [1.807, 2.05) is 6.20 Å². The van der Waals surface area contributed by atoms with Crippen molar-refractivity contribution in [2.45, 2.75) is 43.6 Å². The summed E-state index contributed by atoms with van der Waals surface area (Å²) in [6, 6.07) is 2.79. The molecule has 0 unspecified atom stereocenters. The molecule has 0 bridgehead atoms. The van der Waals surface area contributed by atoms with Gasteiger partial charge in [-0.25, -0.2) is 4.98 Å². The van der Waals surface area contributed by atoms with Crippen molar-refractivity contribution in [1.82, 2.24) is 9.88 Å². The molecule has 1 aromatic rings. The molecule has 2 heterocycles. The van der Waals surface area contributed by atoms with Gasteiger partial charge in [-0.3, -0.25) is 0 Å². The number of likely N-dealkylation sites (tertiary alicyclic amines) is 1. The number of pyridine rings is 1. The van der Waals surface area contributed by atoms with Gasteiger partial charge < -0.3 is 14.4 Å². The second-order valence-electron chi connectivity index (χ2n) is 6.08. The van der Waals surface area contributed by atoms with Crippen LogP contribution >= 0.6 is 0 Å². The predicted octanol–water partition coefficient (Wildman–Crippen LogP) is 2.61. The van der Waals surface area contributed by atoms with Crippen LogP contribution in [0.3, 0.4) is 0 Å². The number of aromatic nitrogens is 1. The van der Waals surface area contributed by atoms with E-state index in [4.69, 9.17) is 9.47 Å². The summed E-state index contributed by atoms with van der Waals surface area (Å²) in [5.41, 5.74) is 1.59. The Kier molecular flexibility index (Phi) is 3.59. The molecule has 2 fully saturated rings. The minimum Gasteiger partial charge on any atom is -0.491 e. The number of methoxy groups -OCH3 is 2. The van der Waals surface area contributed by atoms with Crippen molar-refractivity contribution in [3.05, 3.63) is 17.8 Å². The Labute approximate surface area is 121 Å². The van der Waals surface area contributed by atoms with Crippen molar-refractivity contribution in [3.8, 4) is 11.6 Å². The maximum absolute atomic E-state index is 5.44. The normalized spacial score (nSPS) is 30.1. The molecule has 2 atom stereocenters. The first-order chi connectivity index (χ1) is 9.71. The van der Waals surface area contributed by atoms with Gasteiger partial charge in [0.25, 0.3) is 5.88 Å². The van der Waals surface area contributed by atoms with Crippen LogP contribution in [-0.4, -0.2) is 43.7 Å². The van der Waals surface area contributed by atoms with Crippen molar-refractivity contribution in [2.75, 3.05) is 27.8 Å². The molecule has 1 saturated heterocycles. The van der Waals surface area contributed by atoms with E-state index in [0.717, 1.165) is 5.75 Å². The van der Waals surface area contributed by atoms with Gasteiger partial charge in [0, 0.05) is 17.7 Å². The highest BCUT2D eigenvalue weighted by molar-refractivity contribution is 5.41. The average Bonchev–Trinajstić information content (AvgIpc) is 2.85. The molecule has 0 spiro atoms. The van der Waals surface area contributed by atoms with Gasteiger partial charge in [-0.15, -0.1) is 0 Å². The molecule has 4 heteroatoms. The Morgan fingerprint density at radius 2 is 2.10 bits per heavy atom. The molecule has 20 heavy (non-hydrogen) atoms. The Morgan fingerprint density at radius 3 is 2.85 bits per heavy atom. The number of nitrogens with zero attached hydrogens (tertiary/aromatic N) is 2. The zero-order valence-electron chi connectivity index (χ0n) is 12.7. The Bertz CT molecular complexity index is 487. The number of fused-ring (bicyclic) bond motifs is 1. The van der Waals surface area contributed by atoms with Gasteiger partial charge in [-0.2, -0.15) is 0 Å². The molecular formula is C16H24N2O2. The van der Waals surface area contributed by atoms with Crippen LogP contribution in [0.4, 0.5) is 0 Å². The van der Waals surface area contributed by atoms with Crippen molar-refractivity contribution in [1.29, 1.82) is 0 Å². The summed E-state index contributed by atoms with van der Waals surface area (Å²) in [6.45, 7) is 1.18. The Morgan fingerprint density at radius 1 is 1.25 bits per heavy atom. The molecule has 1 saturated carbocycles. The van der Waals surface area contributed by atoms with Crippen LogP contribution in [0.1, 0.15) is 37.7 Å². The number of ether oxygens (including phenoxy) is 2. The topological polar surface area (TPSA) is 34.6 Å². The standard InChI is InChI=1S/C16H24N2O2/c1-18-9-8-16(7-5-4-6-14(16)18)12-10-13(19-2)15(20-3)17-11-12/h10-11,14H,4-9H2,1-3H3/t14-,16-/m1/s1. The van der Waals surface area contributed by atoms with E-state index >= 15 is 0 Å². The second-order valence-corrected chi connectivity index (χ2v) is 6.08. The lowest BCUT2D eigenvalue weighted by atomic mass is 9.66. The fraction of sp³-hybridized carbons (Fsp3) is 0.688. The molecule has 1 aliphatic carbocycles. The third-order valence-electron chi connectivity index (χ3n) is 5.24. The quantitative estimate of drug-likeness (QED) is 0.850. The lowest BCUT2D eigenvalue weighted by Crippen LogP contribution is -2.43. The molecule has 2 aliphatic rings. The number of hydrogen-bond donors (Lipinski definition) is 0. The summed E-state index contributed by atoms with van der Waals surface area (Å²) in [4.78, 5) is 6.98. The third-order valence-corrected chi connectivity index (χ3v) is 5.24. The molecular weight excluding hydrogens is 252 g/mol. The van der Waals surface area contributed by atoms with Crippen LogP contribution in [0.5, 0.6) is 11.6 Å². The number of hydrogen-bond acceptors (Lipinski definition) is 4. The molecule has 0 aromatic carbocycles. The fourth-order valence-corrected chi connectivity index (χ4v) is 4.17. The molecule has 3 rings (SSSR count). The molecule has 0 N–H and O–H groups in total. The second kappa shape index (κ2) is 5.24. The zero-order valence-corrected chi connectivity index (χ0v) is 12.7. The van der Waals surface area contributed by atoms with Crippen molar-refractivity contribution < 1.29 is 9.47 Å². The van der Waals surface area contributed by atoms with Crippen LogP contribution < -0.4 is 9.47 Å². The minimum atomic E-state index is 0.263. The van der Waals surface area contributed by atoms with Crippen molar-refractivity contribution in [3.63, 3.8) is 0 Å².